The highest BCUT2D eigenvalue weighted by molar-refractivity contribution is 9.10. The standard InChI is InChI=1S/C17H24BrCl/c1-12-8-9-14(16(19)10-12)17(2,3)11-13-6-4-5-7-15(13)18/h4-7,12,14,16H,8-11H2,1-3H3. The highest BCUT2D eigenvalue weighted by atomic mass is 79.9. The summed E-state index contributed by atoms with van der Waals surface area (Å²) in [6, 6.07) is 8.55. The summed E-state index contributed by atoms with van der Waals surface area (Å²) in [5, 5.41) is 0.334. The molecule has 0 spiro atoms. The van der Waals surface area contributed by atoms with Crippen molar-refractivity contribution in [1.29, 1.82) is 0 Å². The van der Waals surface area contributed by atoms with E-state index in [0.717, 1.165) is 12.3 Å². The lowest BCUT2D eigenvalue weighted by Gasteiger charge is -2.42. The van der Waals surface area contributed by atoms with Crippen molar-refractivity contribution in [2.24, 2.45) is 17.3 Å². The van der Waals surface area contributed by atoms with Gasteiger partial charge in [-0.05, 0) is 48.1 Å². The minimum atomic E-state index is 0.260. The molecule has 0 bridgehead atoms. The van der Waals surface area contributed by atoms with E-state index in [1.165, 1.54) is 29.3 Å². The van der Waals surface area contributed by atoms with Gasteiger partial charge < -0.3 is 0 Å². The Bertz CT molecular complexity index is 427. The monoisotopic (exact) mass is 342 g/mol. The van der Waals surface area contributed by atoms with Crippen LogP contribution >= 0.6 is 27.5 Å². The Balaban J connectivity index is 2.12. The molecular weight excluding hydrogens is 320 g/mol. The smallest absolute Gasteiger partial charge is 0.0372 e. The quantitative estimate of drug-likeness (QED) is 0.585. The van der Waals surface area contributed by atoms with Crippen LogP contribution in [0.3, 0.4) is 0 Å². The Kier molecular flexibility index (Phi) is 5.00. The molecule has 3 atom stereocenters. The van der Waals surface area contributed by atoms with E-state index in [0.29, 0.717) is 11.3 Å². The summed E-state index contributed by atoms with van der Waals surface area (Å²) in [4.78, 5) is 0. The van der Waals surface area contributed by atoms with Crippen molar-refractivity contribution in [2.45, 2.75) is 51.8 Å². The van der Waals surface area contributed by atoms with Gasteiger partial charge in [0.05, 0.1) is 0 Å². The van der Waals surface area contributed by atoms with Crippen LogP contribution < -0.4 is 0 Å². The minimum absolute atomic E-state index is 0.260. The number of hydrogen-bond acceptors (Lipinski definition) is 0. The lowest BCUT2D eigenvalue weighted by molar-refractivity contribution is 0.141. The zero-order chi connectivity index (χ0) is 14.0. The molecule has 1 aromatic rings. The summed E-state index contributed by atoms with van der Waals surface area (Å²) in [6.07, 6.45) is 4.86. The lowest BCUT2D eigenvalue weighted by Crippen LogP contribution is -2.37. The van der Waals surface area contributed by atoms with Gasteiger partial charge in [0, 0.05) is 9.85 Å². The summed E-state index contributed by atoms with van der Waals surface area (Å²) in [6.45, 7) is 7.08. The molecule has 1 saturated carbocycles. The van der Waals surface area contributed by atoms with Crippen LogP contribution in [-0.4, -0.2) is 5.38 Å². The average molecular weight is 344 g/mol. The second kappa shape index (κ2) is 6.18. The second-order valence-corrected chi connectivity index (χ2v) is 8.21. The van der Waals surface area contributed by atoms with Gasteiger partial charge in [-0.1, -0.05) is 61.3 Å². The van der Waals surface area contributed by atoms with Crippen LogP contribution in [0.25, 0.3) is 0 Å². The molecule has 0 aromatic heterocycles. The highest BCUT2D eigenvalue weighted by Gasteiger charge is 2.38. The summed E-state index contributed by atoms with van der Waals surface area (Å²) in [5.41, 5.74) is 1.66. The molecule has 0 aliphatic heterocycles. The molecule has 1 aliphatic rings. The molecule has 106 valence electrons. The zero-order valence-corrected chi connectivity index (χ0v) is 14.5. The van der Waals surface area contributed by atoms with Gasteiger partial charge in [0.15, 0.2) is 0 Å². The molecule has 0 radical (unpaired) electrons. The number of alkyl halides is 1. The maximum atomic E-state index is 6.66. The molecule has 0 amide bonds. The fourth-order valence-corrected chi connectivity index (χ4v) is 4.65. The molecule has 0 saturated heterocycles. The fraction of sp³-hybridized carbons (Fsp3) is 0.647. The molecule has 1 aliphatic carbocycles. The first kappa shape index (κ1) is 15.4. The third-order valence-corrected chi connectivity index (χ3v) is 5.90. The van der Waals surface area contributed by atoms with Gasteiger partial charge in [-0.15, -0.1) is 11.6 Å². The first-order valence-corrected chi connectivity index (χ1v) is 8.50. The topological polar surface area (TPSA) is 0 Å². The van der Waals surface area contributed by atoms with Crippen LogP contribution in [-0.2, 0) is 6.42 Å². The SMILES string of the molecule is CC1CCC(C(C)(C)Cc2ccccc2Br)C(Cl)C1. The molecule has 0 N–H and O–H groups in total. The van der Waals surface area contributed by atoms with Gasteiger partial charge in [0.2, 0.25) is 0 Å². The summed E-state index contributed by atoms with van der Waals surface area (Å²) < 4.78 is 1.22. The Labute approximate surface area is 131 Å². The maximum absolute atomic E-state index is 6.66. The van der Waals surface area contributed by atoms with E-state index in [-0.39, 0.29) is 5.41 Å². The van der Waals surface area contributed by atoms with Crippen LogP contribution in [0, 0.1) is 17.3 Å². The zero-order valence-electron chi connectivity index (χ0n) is 12.1. The fourth-order valence-electron chi connectivity index (χ4n) is 3.46. The van der Waals surface area contributed by atoms with Gasteiger partial charge in [-0.2, -0.15) is 0 Å². The average Bonchev–Trinajstić information content (AvgIpc) is 2.31. The number of rotatable bonds is 3. The first-order chi connectivity index (χ1) is 8.90. The molecular formula is C17H24BrCl. The molecule has 0 nitrogen and oxygen atoms in total. The van der Waals surface area contributed by atoms with Crippen LogP contribution in [0.4, 0.5) is 0 Å². The first-order valence-electron chi connectivity index (χ1n) is 7.27. The van der Waals surface area contributed by atoms with Crippen LogP contribution in [0.2, 0.25) is 0 Å². The van der Waals surface area contributed by atoms with E-state index in [1.807, 2.05) is 0 Å². The maximum Gasteiger partial charge on any atom is 0.0372 e. The Morgan fingerprint density at radius 3 is 2.58 bits per heavy atom. The second-order valence-electron chi connectivity index (χ2n) is 6.80. The summed E-state index contributed by atoms with van der Waals surface area (Å²) in [5.74, 6) is 1.41. The lowest BCUT2D eigenvalue weighted by atomic mass is 9.66. The largest absolute Gasteiger partial charge is 0.123 e. The van der Waals surface area contributed by atoms with Gasteiger partial charge in [0.25, 0.3) is 0 Å². The summed E-state index contributed by atoms with van der Waals surface area (Å²) in [7, 11) is 0. The van der Waals surface area contributed by atoms with E-state index in [1.54, 1.807) is 0 Å². The minimum Gasteiger partial charge on any atom is -0.123 e. The molecule has 1 aromatic carbocycles. The third kappa shape index (κ3) is 3.76. The molecule has 19 heavy (non-hydrogen) atoms. The Morgan fingerprint density at radius 1 is 1.26 bits per heavy atom. The number of benzene rings is 1. The van der Waals surface area contributed by atoms with E-state index >= 15 is 0 Å². The Hall–Kier alpha value is -0.0100. The van der Waals surface area contributed by atoms with Crippen LogP contribution in [0.15, 0.2) is 28.7 Å². The van der Waals surface area contributed by atoms with Crippen molar-refractivity contribution in [3.63, 3.8) is 0 Å². The van der Waals surface area contributed by atoms with E-state index in [2.05, 4.69) is 61.0 Å². The molecule has 2 heteroatoms. The Morgan fingerprint density at radius 2 is 1.95 bits per heavy atom. The molecule has 0 heterocycles. The van der Waals surface area contributed by atoms with Gasteiger partial charge >= 0.3 is 0 Å². The number of halogens is 2. The van der Waals surface area contributed by atoms with Crippen molar-refractivity contribution >= 4 is 27.5 Å². The van der Waals surface area contributed by atoms with Crippen molar-refractivity contribution in [2.75, 3.05) is 0 Å². The van der Waals surface area contributed by atoms with Gasteiger partial charge in [-0.25, -0.2) is 0 Å². The van der Waals surface area contributed by atoms with Crippen LogP contribution in [0.5, 0.6) is 0 Å². The highest BCUT2D eigenvalue weighted by Crippen LogP contribution is 2.45. The summed E-state index contributed by atoms with van der Waals surface area (Å²) >= 11 is 10.3. The van der Waals surface area contributed by atoms with E-state index in [9.17, 15) is 0 Å². The molecule has 1 fully saturated rings. The molecule has 3 unspecified atom stereocenters. The van der Waals surface area contributed by atoms with Crippen molar-refractivity contribution in [3.8, 4) is 0 Å². The number of hydrogen-bond donors (Lipinski definition) is 0. The van der Waals surface area contributed by atoms with Crippen LogP contribution in [0.1, 0.15) is 45.6 Å². The predicted molar refractivity (Wildman–Crippen MR) is 87.8 cm³/mol. The van der Waals surface area contributed by atoms with Crippen molar-refractivity contribution in [1.82, 2.24) is 0 Å². The molecule has 2 rings (SSSR count). The van der Waals surface area contributed by atoms with E-state index < -0.39 is 0 Å². The third-order valence-electron chi connectivity index (χ3n) is 4.64. The van der Waals surface area contributed by atoms with Gasteiger partial charge in [0.1, 0.15) is 0 Å². The van der Waals surface area contributed by atoms with Crippen molar-refractivity contribution < 1.29 is 0 Å². The normalized spacial score (nSPS) is 28.4. The van der Waals surface area contributed by atoms with E-state index in [4.69, 9.17) is 11.6 Å². The predicted octanol–water partition coefficient (Wildman–Crippen LogP) is 6.06. The van der Waals surface area contributed by atoms with Gasteiger partial charge in [-0.3, -0.25) is 0 Å². The van der Waals surface area contributed by atoms with Crippen molar-refractivity contribution in [3.05, 3.63) is 34.3 Å².